The highest BCUT2D eigenvalue weighted by Crippen LogP contribution is 2.07. The van der Waals surface area contributed by atoms with Gasteiger partial charge >= 0.3 is 5.97 Å². The van der Waals surface area contributed by atoms with E-state index in [0.717, 1.165) is 18.4 Å². The van der Waals surface area contributed by atoms with Crippen molar-refractivity contribution < 1.29 is 9.53 Å². The van der Waals surface area contributed by atoms with E-state index in [4.69, 9.17) is 10.5 Å². The monoisotopic (exact) mass is 235 g/mol. The second-order valence-electron chi connectivity index (χ2n) is 4.10. The summed E-state index contributed by atoms with van der Waals surface area (Å²) in [5, 5.41) is 0. The highest BCUT2D eigenvalue weighted by atomic mass is 16.5. The van der Waals surface area contributed by atoms with Crippen molar-refractivity contribution in [3.8, 4) is 0 Å². The van der Waals surface area contributed by atoms with Crippen LogP contribution in [0.15, 0.2) is 24.3 Å². The van der Waals surface area contributed by atoms with Gasteiger partial charge in [-0.25, -0.2) is 4.79 Å². The van der Waals surface area contributed by atoms with Crippen LogP contribution in [0, 0.1) is 0 Å². The molecule has 1 rings (SSSR count). The number of esters is 1. The van der Waals surface area contributed by atoms with Gasteiger partial charge in [-0.2, -0.15) is 0 Å². The average Bonchev–Trinajstić information content (AvgIpc) is 2.38. The minimum Gasteiger partial charge on any atom is -0.462 e. The van der Waals surface area contributed by atoms with Gasteiger partial charge in [0.2, 0.25) is 0 Å². The third-order valence-electron chi connectivity index (χ3n) is 2.63. The van der Waals surface area contributed by atoms with Gasteiger partial charge in [0, 0.05) is 6.54 Å². The third kappa shape index (κ3) is 5.00. The maximum Gasteiger partial charge on any atom is 0.338 e. The molecule has 0 unspecified atom stereocenters. The Bertz CT molecular complexity index is 350. The summed E-state index contributed by atoms with van der Waals surface area (Å²) >= 11 is 0. The standard InChI is InChI=1S/C14H21NO2/c1-2-3-4-5-9-17-14(16)13-8-6-7-12(10-13)11-15/h6-8,10H,2-5,9,11,15H2,1H3. The molecule has 0 aliphatic carbocycles. The number of rotatable bonds is 7. The van der Waals surface area contributed by atoms with Crippen LogP contribution >= 0.6 is 0 Å². The number of nitrogens with two attached hydrogens (primary N) is 1. The molecule has 3 heteroatoms. The van der Waals surface area contributed by atoms with Crippen molar-refractivity contribution in [1.82, 2.24) is 0 Å². The smallest absolute Gasteiger partial charge is 0.338 e. The fourth-order valence-corrected chi connectivity index (χ4v) is 1.60. The van der Waals surface area contributed by atoms with E-state index in [-0.39, 0.29) is 5.97 Å². The fourth-order valence-electron chi connectivity index (χ4n) is 1.60. The molecular weight excluding hydrogens is 214 g/mol. The van der Waals surface area contributed by atoms with Gasteiger partial charge in [-0.15, -0.1) is 0 Å². The molecule has 2 N–H and O–H groups in total. The quantitative estimate of drug-likeness (QED) is 0.584. The number of hydrogen-bond acceptors (Lipinski definition) is 3. The predicted octanol–water partition coefficient (Wildman–Crippen LogP) is 2.88. The Labute approximate surface area is 103 Å². The first-order valence-corrected chi connectivity index (χ1v) is 6.24. The molecule has 0 bridgehead atoms. The molecule has 0 aliphatic rings. The van der Waals surface area contributed by atoms with Crippen LogP contribution in [0.5, 0.6) is 0 Å². The summed E-state index contributed by atoms with van der Waals surface area (Å²) in [6.07, 6.45) is 4.44. The molecule has 0 fully saturated rings. The summed E-state index contributed by atoms with van der Waals surface area (Å²) in [5.74, 6) is -0.253. The Hall–Kier alpha value is -1.35. The summed E-state index contributed by atoms with van der Waals surface area (Å²) in [6, 6.07) is 7.27. The molecule has 0 saturated heterocycles. The Kier molecular flexibility index (Phi) is 6.33. The Morgan fingerprint density at radius 2 is 2.12 bits per heavy atom. The molecule has 1 aromatic rings. The lowest BCUT2D eigenvalue weighted by Gasteiger charge is -2.05. The van der Waals surface area contributed by atoms with E-state index in [1.54, 1.807) is 12.1 Å². The van der Waals surface area contributed by atoms with Crippen LogP contribution in [-0.4, -0.2) is 12.6 Å². The zero-order valence-electron chi connectivity index (χ0n) is 10.4. The topological polar surface area (TPSA) is 52.3 Å². The molecule has 0 radical (unpaired) electrons. The largest absolute Gasteiger partial charge is 0.462 e. The minimum atomic E-state index is -0.253. The molecule has 0 aliphatic heterocycles. The molecule has 17 heavy (non-hydrogen) atoms. The fraction of sp³-hybridized carbons (Fsp3) is 0.500. The molecule has 0 saturated carbocycles. The molecule has 3 nitrogen and oxygen atoms in total. The zero-order chi connectivity index (χ0) is 12.5. The number of carbonyl (C=O) groups is 1. The van der Waals surface area contributed by atoms with Gasteiger partial charge in [-0.05, 0) is 24.1 Å². The van der Waals surface area contributed by atoms with E-state index in [1.165, 1.54) is 12.8 Å². The van der Waals surface area contributed by atoms with E-state index < -0.39 is 0 Å². The average molecular weight is 235 g/mol. The lowest BCUT2D eigenvalue weighted by atomic mass is 10.1. The molecule has 1 aromatic carbocycles. The van der Waals surface area contributed by atoms with E-state index in [9.17, 15) is 4.79 Å². The van der Waals surface area contributed by atoms with Gasteiger partial charge in [-0.3, -0.25) is 0 Å². The van der Waals surface area contributed by atoms with Crippen molar-refractivity contribution in [3.05, 3.63) is 35.4 Å². The summed E-state index contributed by atoms with van der Waals surface area (Å²) < 4.78 is 5.19. The lowest BCUT2D eigenvalue weighted by molar-refractivity contribution is 0.0497. The maximum atomic E-state index is 11.7. The summed E-state index contributed by atoms with van der Waals surface area (Å²) in [5.41, 5.74) is 7.06. The minimum absolute atomic E-state index is 0.253. The highest BCUT2D eigenvalue weighted by molar-refractivity contribution is 5.89. The van der Waals surface area contributed by atoms with Gasteiger partial charge < -0.3 is 10.5 Å². The van der Waals surface area contributed by atoms with Crippen LogP contribution in [0.3, 0.4) is 0 Å². The van der Waals surface area contributed by atoms with Crippen LogP contribution in [0.1, 0.15) is 48.5 Å². The molecule has 0 heterocycles. The van der Waals surface area contributed by atoms with E-state index in [2.05, 4.69) is 6.92 Å². The number of benzene rings is 1. The van der Waals surface area contributed by atoms with Crippen molar-refractivity contribution in [2.24, 2.45) is 5.73 Å². The van der Waals surface area contributed by atoms with Crippen LogP contribution in [-0.2, 0) is 11.3 Å². The number of hydrogen-bond donors (Lipinski definition) is 1. The zero-order valence-corrected chi connectivity index (χ0v) is 10.4. The maximum absolute atomic E-state index is 11.7. The Morgan fingerprint density at radius 1 is 1.29 bits per heavy atom. The second-order valence-corrected chi connectivity index (χ2v) is 4.10. The summed E-state index contributed by atoms with van der Waals surface area (Å²) in [7, 11) is 0. The molecule has 94 valence electrons. The molecule has 0 amide bonds. The van der Waals surface area contributed by atoms with Crippen LogP contribution in [0.4, 0.5) is 0 Å². The summed E-state index contributed by atoms with van der Waals surface area (Å²) in [6.45, 7) is 3.10. The van der Waals surface area contributed by atoms with Crippen molar-refractivity contribution in [2.45, 2.75) is 39.2 Å². The summed E-state index contributed by atoms with van der Waals surface area (Å²) in [4.78, 5) is 11.7. The van der Waals surface area contributed by atoms with E-state index in [1.807, 2.05) is 12.1 Å². The van der Waals surface area contributed by atoms with Crippen molar-refractivity contribution in [2.75, 3.05) is 6.61 Å². The van der Waals surface area contributed by atoms with Crippen molar-refractivity contribution in [3.63, 3.8) is 0 Å². The molecule has 0 atom stereocenters. The van der Waals surface area contributed by atoms with Crippen LogP contribution in [0.25, 0.3) is 0 Å². The third-order valence-corrected chi connectivity index (χ3v) is 2.63. The van der Waals surface area contributed by atoms with Gasteiger partial charge in [0.1, 0.15) is 0 Å². The van der Waals surface area contributed by atoms with E-state index >= 15 is 0 Å². The second kappa shape index (κ2) is 7.85. The number of carbonyl (C=O) groups excluding carboxylic acids is 1. The van der Waals surface area contributed by atoms with Crippen LogP contribution < -0.4 is 5.73 Å². The van der Waals surface area contributed by atoms with Gasteiger partial charge in [-0.1, -0.05) is 38.3 Å². The molecule has 0 aromatic heterocycles. The normalized spacial score (nSPS) is 10.2. The first kappa shape index (κ1) is 13.7. The lowest BCUT2D eigenvalue weighted by Crippen LogP contribution is -2.07. The molecule has 0 spiro atoms. The van der Waals surface area contributed by atoms with Crippen molar-refractivity contribution >= 4 is 5.97 Å². The predicted molar refractivity (Wildman–Crippen MR) is 68.8 cm³/mol. The first-order chi connectivity index (χ1) is 8.27. The number of ether oxygens (including phenoxy) is 1. The Balaban J connectivity index is 2.36. The van der Waals surface area contributed by atoms with Gasteiger partial charge in [0.25, 0.3) is 0 Å². The van der Waals surface area contributed by atoms with Crippen molar-refractivity contribution in [1.29, 1.82) is 0 Å². The van der Waals surface area contributed by atoms with E-state index in [0.29, 0.717) is 18.7 Å². The van der Waals surface area contributed by atoms with Crippen LogP contribution in [0.2, 0.25) is 0 Å². The molecular formula is C14H21NO2. The van der Waals surface area contributed by atoms with Gasteiger partial charge in [0.05, 0.1) is 12.2 Å². The SMILES string of the molecule is CCCCCCOC(=O)c1cccc(CN)c1. The van der Waals surface area contributed by atoms with Gasteiger partial charge in [0.15, 0.2) is 0 Å². The first-order valence-electron chi connectivity index (χ1n) is 6.24. The Morgan fingerprint density at radius 3 is 2.82 bits per heavy atom. The number of unbranched alkanes of at least 4 members (excludes halogenated alkanes) is 3. The highest BCUT2D eigenvalue weighted by Gasteiger charge is 2.06.